The van der Waals surface area contributed by atoms with Gasteiger partial charge in [0.2, 0.25) is 0 Å². The minimum absolute atomic E-state index is 0.319. The molecule has 150 valence electrons. The van der Waals surface area contributed by atoms with Crippen molar-refractivity contribution in [3.8, 4) is 5.75 Å². The molecule has 0 radical (unpaired) electrons. The van der Waals surface area contributed by atoms with Crippen LogP contribution in [0.2, 0.25) is 18.1 Å². The van der Waals surface area contributed by atoms with Gasteiger partial charge in [-0.05, 0) is 61.2 Å². The molecule has 1 atom stereocenters. The van der Waals surface area contributed by atoms with Gasteiger partial charge in [0.05, 0.1) is 7.11 Å². The second-order valence-electron chi connectivity index (χ2n) is 9.03. The van der Waals surface area contributed by atoms with Crippen LogP contribution < -0.4 is 10.1 Å². The predicted molar refractivity (Wildman–Crippen MR) is 117 cm³/mol. The molecule has 1 aromatic carbocycles. The number of anilines is 1. The molecule has 4 heteroatoms. The van der Waals surface area contributed by atoms with Gasteiger partial charge in [-0.25, -0.2) is 0 Å². The van der Waals surface area contributed by atoms with E-state index in [1.165, 1.54) is 37.8 Å². The van der Waals surface area contributed by atoms with Crippen LogP contribution in [-0.4, -0.2) is 28.6 Å². The van der Waals surface area contributed by atoms with E-state index in [-0.39, 0.29) is 0 Å². The lowest BCUT2D eigenvalue weighted by atomic mass is 10.0. The van der Waals surface area contributed by atoms with Crippen LogP contribution in [0.15, 0.2) is 24.3 Å². The number of unbranched alkanes of at least 4 members (excludes halogenated alkanes) is 3. The van der Waals surface area contributed by atoms with E-state index in [4.69, 9.17) is 9.16 Å². The van der Waals surface area contributed by atoms with Crippen molar-refractivity contribution in [3.63, 3.8) is 0 Å². The summed E-state index contributed by atoms with van der Waals surface area (Å²) in [4.78, 5) is 0. The first kappa shape index (κ1) is 23.0. The number of benzene rings is 1. The van der Waals surface area contributed by atoms with Gasteiger partial charge in [0.15, 0.2) is 8.32 Å². The van der Waals surface area contributed by atoms with Crippen molar-refractivity contribution >= 4 is 14.0 Å². The van der Waals surface area contributed by atoms with E-state index in [1.807, 2.05) is 12.1 Å². The van der Waals surface area contributed by atoms with E-state index in [2.05, 4.69) is 58.2 Å². The molecule has 0 saturated heterocycles. The number of rotatable bonds is 12. The summed E-state index contributed by atoms with van der Waals surface area (Å²) in [6.07, 6.45) is 6.39. The molecule has 0 heterocycles. The Balaban J connectivity index is 2.06. The third-order valence-electron chi connectivity index (χ3n) is 5.61. The lowest BCUT2D eigenvalue weighted by Gasteiger charge is -2.36. The summed E-state index contributed by atoms with van der Waals surface area (Å²) in [7, 11) is 0.142. The molecule has 1 N–H and O–H groups in total. The zero-order chi connectivity index (χ0) is 19.6. The Morgan fingerprint density at radius 2 is 1.62 bits per heavy atom. The topological polar surface area (TPSA) is 30.5 Å². The highest BCUT2D eigenvalue weighted by molar-refractivity contribution is 6.74. The largest absolute Gasteiger partial charge is 0.497 e. The molecule has 1 unspecified atom stereocenters. The van der Waals surface area contributed by atoms with Crippen molar-refractivity contribution in [1.82, 2.24) is 0 Å². The average molecular weight is 380 g/mol. The molecule has 0 spiro atoms. The maximum atomic E-state index is 6.25. The highest BCUT2D eigenvalue weighted by Crippen LogP contribution is 2.36. The van der Waals surface area contributed by atoms with Gasteiger partial charge in [-0.1, -0.05) is 47.0 Å². The van der Waals surface area contributed by atoms with Crippen molar-refractivity contribution in [1.29, 1.82) is 0 Å². The van der Waals surface area contributed by atoms with Gasteiger partial charge < -0.3 is 14.5 Å². The molecule has 0 aliphatic carbocycles. The third kappa shape index (κ3) is 8.59. The molecule has 0 bridgehead atoms. The molecule has 0 amide bonds. The first-order chi connectivity index (χ1) is 12.2. The monoisotopic (exact) mass is 379 g/mol. The Hall–Kier alpha value is -1.00. The second kappa shape index (κ2) is 11.0. The van der Waals surface area contributed by atoms with Crippen molar-refractivity contribution in [2.45, 2.75) is 77.9 Å². The summed E-state index contributed by atoms with van der Waals surface area (Å²) in [6.45, 7) is 15.9. The summed E-state index contributed by atoms with van der Waals surface area (Å²) in [6, 6.07) is 8.15. The molecule has 0 aromatic heterocycles. The van der Waals surface area contributed by atoms with Crippen LogP contribution in [0.25, 0.3) is 0 Å². The fourth-order valence-electron chi connectivity index (χ4n) is 2.60. The minimum Gasteiger partial charge on any atom is -0.497 e. The molecule has 1 rings (SSSR count). The molecule has 1 aromatic rings. The second-order valence-corrected chi connectivity index (χ2v) is 13.8. The van der Waals surface area contributed by atoms with Crippen molar-refractivity contribution in [2.24, 2.45) is 5.92 Å². The lowest BCUT2D eigenvalue weighted by molar-refractivity contribution is 0.277. The Morgan fingerprint density at radius 3 is 2.19 bits per heavy atom. The van der Waals surface area contributed by atoms with Gasteiger partial charge in [0.1, 0.15) is 5.75 Å². The van der Waals surface area contributed by atoms with E-state index in [1.54, 1.807) is 7.11 Å². The SMILES string of the molecule is COc1ccc(NCC(C)CCCCCCO[Si](C)(C)C(C)(C)C)cc1. The van der Waals surface area contributed by atoms with E-state index in [0.717, 1.165) is 18.9 Å². The minimum atomic E-state index is -1.56. The number of hydrogen-bond donors (Lipinski definition) is 1. The van der Waals surface area contributed by atoms with Crippen LogP contribution in [0.5, 0.6) is 5.75 Å². The quantitative estimate of drug-likeness (QED) is 0.323. The first-order valence-electron chi connectivity index (χ1n) is 10.2. The Kier molecular flexibility index (Phi) is 9.73. The number of ether oxygens (including phenoxy) is 1. The summed E-state index contributed by atoms with van der Waals surface area (Å²) in [5.41, 5.74) is 1.17. The molecule has 0 aliphatic heterocycles. The summed E-state index contributed by atoms with van der Waals surface area (Å²) in [5.74, 6) is 1.60. The van der Waals surface area contributed by atoms with E-state index < -0.39 is 8.32 Å². The Morgan fingerprint density at radius 1 is 1.00 bits per heavy atom. The fraction of sp³-hybridized carbons (Fsp3) is 0.727. The van der Waals surface area contributed by atoms with Crippen LogP contribution in [-0.2, 0) is 4.43 Å². The van der Waals surface area contributed by atoms with Gasteiger partial charge in [0, 0.05) is 18.8 Å². The van der Waals surface area contributed by atoms with Gasteiger partial charge in [-0.3, -0.25) is 0 Å². The summed E-state index contributed by atoms with van der Waals surface area (Å²) < 4.78 is 11.4. The van der Waals surface area contributed by atoms with Crippen LogP contribution in [0.1, 0.15) is 59.8 Å². The van der Waals surface area contributed by atoms with Gasteiger partial charge in [-0.15, -0.1) is 0 Å². The molecule has 0 aliphatic rings. The van der Waals surface area contributed by atoms with Gasteiger partial charge >= 0.3 is 0 Å². The molecule has 0 fully saturated rings. The van der Waals surface area contributed by atoms with Crippen LogP contribution in [0.4, 0.5) is 5.69 Å². The zero-order valence-corrected chi connectivity index (χ0v) is 19.2. The van der Waals surface area contributed by atoms with Crippen molar-refractivity contribution in [2.75, 3.05) is 25.6 Å². The maximum Gasteiger partial charge on any atom is 0.191 e. The van der Waals surface area contributed by atoms with E-state index in [9.17, 15) is 0 Å². The molecule has 26 heavy (non-hydrogen) atoms. The van der Waals surface area contributed by atoms with Gasteiger partial charge in [-0.2, -0.15) is 0 Å². The average Bonchev–Trinajstić information content (AvgIpc) is 2.58. The van der Waals surface area contributed by atoms with Crippen molar-refractivity contribution in [3.05, 3.63) is 24.3 Å². The van der Waals surface area contributed by atoms with E-state index >= 15 is 0 Å². The van der Waals surface area contributed by atoms with Crippen molar-refractivity contribution < 1.29 is 9.16 Å². The van der Waals surface area contributed by atoms with Gasteiger partial charge in [0.25, 0.3) is 0 Å². The number of nitrogens with one attached hydrogen (secondary N) is 1. The highest BCUT2D eigenvalue weighted by atomic mass is 28.4. The highest BCUT2D eigenvalue weighted by Gasteiger charge is 2.36. The smallest absolute Gasteiger partial charge is 0.191 e. The normalized spacial score (nSPS) is 13.5. The number of hydrogen-bond acceptors (Lipinski definition) is 3. The molecular weight excluding hydrogens is 338 g/mol. The zero-order valence-electron chi connectivity index (χ0n) is 18.2. The summed E-state index contributed by atoms with van der Waals surface area (Å²) in [5, 5.41) is 3.84. The standard InChI is InChI=1S/C22H41NO2Si/c1-19(18-23-20-13-15-21(24-5)16-14-20)12-10-8-9-11-17-25-26(6,7)22(2,3)4/h13-16,19,23H,8-12,17-18H2,1-7H3. The van der Waals surface area contributed by atoms with E-state index in [0.29, 0.717) is 11.0 Å². The third-order valence-corrected chi connectivity index (χ3v) is 10.1. The Bertz CT molecular complexity index is 494. The molecule has 3 nitrogen and oxygen atoms in total. The maximum absolute atomic E-state index is 6.25. The summed E-state index contributed by atoms with van der Waals surface area (Å²) >= 11 is 0. The molecule has 0 saturated carbocycles. The van der Waals surface area contributed by atoms with Crippen LogP contribution in [0.3, 0.4) is 0 Å². The van der Waals surface area contributed by atoms with Crippen LogP contribution >= 0.6 is 0 Å². The molecular formula is C22H41NO2Si. The predicted octanol–water partition coefficient (Wildman–Crippen LogP) is 6.72. The van der Waals surface area contributed by atoms with Crippen LogP contribution in [0, 0.1) is 5.92 Å². The first-order valence-corrected chi connectivity index (χ1v) is 13.1. The Labute approximate surface area is 163 Å². The fourth-order valence-corrected chi connectivity index (χ4v) is 3.68. The lowest BCUT2D eigenvalue weighted by Crippen LogP contribution is -2.40. The number of methoxy groups -OCH3 is 1.